The van der Waals surface area contributed by atoms with E-state index in [1.54, 1.807) is 0 Å². The third-order valence-corrected chi connectivity index (χ3v) is 4.17. The van der Waals surface area contributed by atoms with E-state index in [0.29, 0.717) is 0 Å². The molecule has 0 aliphatic rings. The highest BCUT2D eigenvalue weighted by atomic mass is 79.9. The SMILES string of the molecule is CC(Nc1ccc(Br)cc1)c1cc2cc(Br)ccc2o1. The van der Waals surface area contributed by atoms with Crippen LogP contribution in [0, 0.1) is 0 Å². The first-order valence-corrected chi connectivity index (χ1v) is 7.91. The number of rotatable bonds is 3. The predicted octanol–water partition coefficient (Wildman–Crippen LogP) is 6.13. The van der Waals surface area contributed by atoms with Crippen LogP contribution in [0.2, 0.25) is 0 Å². The predicted molar refractivity (Wildman–Crippen MR) is 90.1 cm³/mol. The van der Waals surface area contributed by atoms with Crippen LogP contribution in [0.25, 0.3) is 11.0 Å². The van der Waals surface area contributed by atoms with Gasteiger partial charge in [-0.15, -0.1) is 0 Å². The largest absolute Gasteiger partial charge is 0.459 e. The minimum Gasteiger partial charge on any atom is -0.459 e. The number of benzene rings is 2. The molecule has 1 aromatic heterocycles. The quantitative estimate of drug-likeness (QED) is 0.577. The van der Waals surface area contributed by atoms with Gasteiger partial charge in [0, 0.05) is 20.0 Å². The lowest BCUT2D eigenvalue weighted by atomic mass is 10.2. The molecule has 1 atom stereocenters. The van der Waals surface area contributed by atoms with Gasteiger partial charge in [-0.2, -0.15) is 0 Å². The fourth-order valence-corrected chi connectivity index (χ4v) is 2.76. The first-order chi connectivity index (χ1) is 9.61. The molecule has 20 heavy (non-hydrogen) atoms. The molecule has 0 spiro atoms. The lowest BCUT2D eigenvalue weighted by Crippen LogP contribution is -2.05. The second-order valence-corrected chi connectivity index (χ2v) is 6.54. The number of hydrogen-bond donors (Lipinski definition) is 1. The highest BCUT2D eigenvalue weighted by molar-refractivity contribution is 9.10. The van der Waals surface area contributed by atoms with E-state index in [2.05, 4.69) is 56.2 Å². The van der Waals surface area contributed by atoms with Gasteiger partial charge in [0.25, 0.3) is 0 Å². The average molecular weight is 395 g/mol. The molecule has 2 aromatic carbocycles. The Kier molecular flexibility index (Phi) is 3.85. The van der Waals surface area contributed by atoms with Crippen molar-refractivity contribution in [2.45, 2.75) is 13.0 Å². The highest BCUT2D eigenvalue weighted by Crippen LogP contribution is 2.28. The molecule has 0 amide bonds. The average Bonchev–Trinajstić information content (AvgIpc) is 2.84. The number of fused-ring (bicyclic) bond motifs is 1. The van der Waals surface area contributed by atoms with Gasteiger partial charge in [0.05, 0.1) is 6.04 Å². The second-order valence-electron chi connectivity index (χ2n) is 4.70. The van der Waals surface area contributed by atoms with Crippen molar-refractivity contribution in [1.29, 1.82) is 0 Å². The van der Waals surface area contributed by atoms with E-state index in [9.17, 15) is 0 Å². The standard InChI is InChI=1S/C16H13Br2NO/c1-10(19-14-5-2-12(17)3-6-14)16-9-11-8-13(18)4-7-15(11)20-16/h2-10,19H,1H3. The molecular weight excluding hydrogens is 382 g/mol. The second kappa shape index (κ2) is 5.62. The summed E-state index contributed by atoms with van der Waals surface area (Å²) >= 11 is 6.91. The minimum absolute atomic E-state index is 0.113. The monoisotopic (exact) mass is 393 g/mol. The van der Waals surface area contributed by atoms with Crippen LogP contribution in [0.5, 0.6) is 0 Å². The van der Waals surface area contributed by atoms with Crippen molar-refractivity contribution >= 4 is 48.5 Å². The molecule has 0 saturated heterocycles. The van der Waals surface area contributed by atoms with Crippen molar-refractivity contribution in [3.8, 4) is 0 Å². The number of nitrogens with one attached hydrogen (secondary N) is 1. The van der Waals surface area contributed by atoms with E-state index in [1.807, 2.05) is 36.4 Å². The number of hydrogen-bond acceptors (Lipinski definition) is 2. The van der Waals surface area contributed by atoms with E-state index in [0.717, 1.165) is 31.4 Å². The summed E-state index contributed by atoms with van der Waals surface area (Å²) in [6.07, 6.45) is 0. The first-order valence-electron chi connectivity index (χ1n) is 6.33. The summed E-state index contributed by atoms with van der Waals surface area (Å²) in [7, 11) is 0. The molecule has 1 heterocycles. The zero-order valence-corrected chi connectivity index (χ0v) is 14.0. The third-order valence-electron chi connectivity index (χ3n) is 3.15. The summed E-state index contributed by atoms with van der Waals surface area (Å²) in [5.74, 6) is 0.931. The van der Waals surface area contributed by atoms with Gasteiger partial charge in [0.1, 0.15) is 11.3 Å². The molecular formula is C16H13Br2NO. The summed E-state index contributed by atoms with van der Waals surface area (Å²) in [5, 5.41) is 4.54. The van der Waals surface area contributed by atoms with Crippen LogP contribution in [0.3, 0.4) is 0 Å². The summed E-state index contributed by atoms with van der Waals surface area (Å²) in [6.45, 7) is 2.09. The molecule has 4 heteroatoms. The van der Waals surface area contributed by atoms with Crippen LogP contribution >= 0.6 is 31.9 Å². The Morgan fingerprint density at radius 3 is 2.40 bits per heavy atom. The van der Waals surface area contributed by atoms with Crippen LogP contribution in [0.4, 0.5) is 5.69 Å². The lowest BCUT2D eigenvalue weighted by Gasteiger charge is -2.12. The summed E-state index contributed by atoms with van der Waals surface area (Å²) in [5.41, 5.74) is 1.98. The van der Waals surface area contributed by atoms with Crippen LogP contribution in [0.1, 0.15) is 18.7 Å². The maximum Gasteiger partial charge on any atom is 0.134 e. The van der Waals surface area contributed by atoms with Gasteiger partial charge in [-0.3, -0.25) is 0 Å². The van der Waals surface area contributed by atoms with E-state index < -0.39 is 0 Å². The maximum atomic E-state index is 5.89. The van der Waals surface area contributed by atoms with Crippen LogP contribution in [0.15, 0.2) is 61.9 Å². The molecule has 0 radical (unpaired) electrons. The van der Waals surface area contributed by atoms with E-state index in [-0.39, 0.29) is 6.04 Å². The van der Waals surface area contributed by atoms with E-state index in [1.165, 1.54) is 0 Å². The minimum atomic E-state index is 0.113. The molecule has 0 fully saturated rings. The molecule has 2 nitrogen and oxygen atoms in total. The summed E-state index contributed by atoms with van der Waals surface area (Å²) < 4.78 is 8.02. The number of anilines is 1. The zero-order valence-electron chi connectivity index (χ0n) is 10.9. The topological polar surface area (TPSA) is 25.2 Å². The van der Waals surface area contributed by atoms with Gasteiger partial charge in [-0.05, 0) is 55.5 Å². The van der Waals surface area contributed by atoms with Crippen LogP contribution < -0.4 is 5.32 Å². The molecule has 0 saturated carbocycles. The van der Waals surface area contributed by atoms with Crippen molar-refractivity contribution in [3.05, 3.63) is 63.2 Å². The van der Waals surface area contributed by atoms with Crippen LogP contribution in [-0.2, 0) is 0 Å². The van der Waals surface area contributed by atoms with Gasteiger partial charge in [-0.25, -0.2) is 0 Å². The van der Waals surface area contributed by atoms with Crippen molar-refractivity contribution in [2.75, 3.05) is 5.32 Å². The fourth-order valence-electron chi connectivity index (χ4n) is 2.12. The van der Waals surface area contributed by atoms with E-state index >= 15 is 0 Å². The summed E-state index contributed by atoms with van der Waals surface area (Å²) in [6, 6.07) is 16.3. The van der Waals surface area contributed by atoms with Gasteiger partial charge < -0.3 is 9.73 Å². The number of furan rings is 1. The third kappa shape index (κ3) is 2.91. The Hall–Kier alpha value is -1.26. The van der Waals surface area contributed by atoms with Crippen molar-refractivity contribution in [1.82, 2.24) is 0 Å². The molecule has 0 bridgehead atoms. The van der Waals surface area contributed by atoms with Crippen molar-refractivity contribution < 1.29 is 4.42 Å². The zero-order chi connectivity index (χ0) is 14.1. The van der Waals surface area contributed by atoms with Crippen LogP contribution in [-0.4, -0.2) is 0 Å². The van der Waals surface area contributed by atoms with Gasteiger partial charge in [0.15, 0.2) is 0 Å². The van der Waals surface area contributed by atoms with Gasteiger partial charge in [0.2, 0.25) is 0 Å². The van der Waals surface area contributed by atoms with Gasteiger partial charge >= 0.3 is 0 Å². The molecule has 3 rings (SSSR count). The Morgan fingerprint density at radius 2 is 1.65 bits per heavy atom. The normalized spacial score (nSPS) is 12.6. The summed E-state index contributed by atoms with van der Waals surface area (Å²) in [4.78, 5) is 0. The molecule has 1 N–H and O–H groups in total. The Bertz CT molecular complexity index is 734. The molecule has 3 aromatic rings. The maximum absolute atomic E-state index is 5.89. The first kappa shape index (κ1) is 13.7. The van der Waals surface area contributed by atoms with Gasteiger partial charge in [-0.1, -0.05) is 31.9 Å². The molecule has 102 valence electrons. The van der Waals surface area contributed by atoms with Crippen molar-refractivity contribution in [2.24, 2.45) is 0 Å². The molecule has 0 aliphatic heterocycles. The molecule has 0 aliphatic carbocycles. The Morgan fingerprint density at radius 1 is 0.950 bits per heavy atom. The smallest absolute Gasteiger partial charge is 0.134 e. The van der Waals surface area contributed by atoms with Crippen molar-refractivity contribution in [3.63, 3.8) is 0 Å². The van der Waals surface area contributed by atoms with E-state index in [4.69, 9.17) is 4.42 Å². The Labute approximate surface area is 134 Å². The molecule has 1 unspecified atom stereocenters. The Balaban J connectivity index is 1.84. The highest BCUT2D eigenvalue weighted by Gasteiger charge is 2.11. The lowest BCUT2D eigenvalue weighted by molar-refractivity contribution is 0.526. The number of halogens is 2. The fraction of sp³-hybridized carbons (Fsp3) is 0.125.